The van der Waals surface area contributed by atoms with Crippen LogP contribution < -0.4 is 5.73 Å². The van der Waals surface area contributed by atoms with E-state index < -0.39 is 25.2 Å². The van der Waals surface area contributed by atoms with Gasteiger partial charge in [0, 0.05) is 5.69 Å². The molecule has 0 atom stereocenters. The minimum Gasteiger partial charge on any atom is -0.462 e. The van der Waals surface area contributed by atoms with Gasteiger partial charge in [-0.1, -0.05) is 6.07 Å². The van der Waals surface area contributed by atoms with Crippen molar-refractivity contribution in [2.45, 2.75) is 12.6 Å². The molecule has 0 amide bonds. The molecule has 2 N–H and O–H groups in total. The number of rotatable bonds is 3. The van der Waals surface area contributed by atoms with E-state index in [-0.39, 0.29) is 5.56 Å². The van der Waals surface area contributed by atoms with Gasteiger partial charge in [0.1, 0.15) is 6.61 Å². The number of anilines is 1. The Labute approximate surface area is 104 Å². The van der Waals surface area contributed by atoms with E-state index in [1.807, 2.05) is 0 Å². The first-order valence-corrected chi connectivity index (χ1v) is 5.38. The molecule has 1 rings (SSSR count). The average molecular weight is 312 g/mol. The molecule has 17 heavy (non-hydrogen) atoms. The third kappa shape index (κ3) is 4.26. The molecule has 1 aromatic carbocycles. The highest BCUT2D eigenvalue weighted by Gasteiger charge is 2.27. The highest BCUT2D eigenvalue weighted by atomic mass is 79.9. The summed E-state index contributed by atoms with van der Waals surface area (Å²) in [6, 6.07) is 4.48. The van der Waals surface area contributed by atoms with Gasteiger partial charge in [0.05, 0.1) is 16.5 Å². The standard InChI is InChI=1S/C10H9BrF3NO2/c11-8-6(2-1-3-7(8)15)9(16)17-5-4-10(12,13)14/h1-3H,4-5,15H2. The van der Waals surface area contributed by atoms with Crippen LogP contribution >= 0.6 is 15.9 Å². The molecule has 0 aliphatic carbocycles. The van der Waals surface area contributed by atoms with Gasteiger partial charge in [0.15, 0.2) is 0 Å². The molecule has 0 saturated heterocycles. The van der Waals surface area contributed by atoms with E-state index in [9.17, 15) is 18.0 Å². The number of nitrogens with two attached hydrogens (primary N) is 1. The van der Waals surface area contributed by atoms with E-state index in [1.54, 1.807) is 6.07 Å². The van der Waals surface area contributed by atoms with Gasteiger partial charge in [-0.3, -0.25) is 0 Å². The third-order valence-corrected chi connectivity index (χ3v) is 2.75. The second-order valence-electron chi connectivity index (χ2n) is 3.21. The van der Waals surface area contributed by atoms with Crippen LogP contribution in [0.4, 0.5) is 18.9 Å². The zero-order chi connectivity index (χ0) is 13.1. The van der Waals surface area contributed by atoms with Crippen LogP contribution in [-0.4, -0.2) is 18.8 Å². The van der Waals surface area contributed by atoms with Crippen LogP contribution in [0.1, 0.15) is 16.8 Å². The Kier molecular flexibility index (Phi) is 4.39. The lowest BCUT2D eigenvalue weighted by Gasteiger charge is -2.09. The Morgan fingerprint density at radius 2 is 2.06 bits per heavy atom. The Balaban J connectivity index is 2.62. The van der Waals surface area contributed by atoms with Crippen molar-refractivity contribution in [3.05, 3.63) is 28.2 Å². The number of nitrogen functional groups attached to an aromatic ring is 1. The molecule has 0 aliphatic rings. The second-order valence-corrected chi connectivity index (χ2v) is 4.00. The zero-order valence-electron chi connectivity index (χ0n) is 8.55. The minimum absolute atomic E-state index is 0.104. The summed E-state index contributed by atoms with van der Waals surface area (Å²) in [6.45, 7) is -0.705. The number of benzene rings is 1. The molecule has 7 heteroatoms. The molecule has 3 nitrogen and oxygen atoms in total. The van der Waals surface area contributed by atoms with E-state index in [0.29, 0.717) is 10.2 Å². The lowest BCUT2D eigenvalue weighted by Crippen LogP contribution is -2.15. The summed E-state index contributed by atoms with van der Waals surface area (Å²) in [4.78, 5) is 11.4. The Morgan fingerprint density at radius 1 is 1.41 bits per heavy atom. The molecule has 0 bridgehead atoms. The normalized spacial score (nSPS) is 11.3. The molecule has 0 saturated carbocycles. The zero-order valence-corrected chi connectivity index (χ0v) is 10.1. The molecule has 0 radical (unpaired) electrons. The Morgan fingerprint density at radius 3 is 2.65 bits per heavy atom. The summed E-state index contributed by atoms with van der Waals surface area (Å²) in [5.41, 5.74) is 5.94. The SMILES string of the molecule is Nc1cccc(C(=O)OCCC(F)(F)F)c1Br. The highest BCUT2D eigenvalue weighted by molar-refractivity contribution is 9.10. The van der Waals surface area contributed by atoms with Gasteiger partial charge >= 0.3 is 12.1 Å². The summed E-state index contributed by atoms with van der Waals surface area (Å²) in [6.07, 6.45) is -5.51. The van der Waals surface area contributed by atoms with Crippen molar-refractivity contribution >= 4 is 27.6 Å². The lowest BCUT2D eigenvalue weighted by atomic mass is 10.2. The number of carbonyl (C=O) groups is 1. The Hall–Kier alpha value is -1.24. The maximum atomic E-state index is 11.8. The van der Waals surface area contributed by atoms with Crippen LogP contribution in [0.25, 0.3) is 0 Å². The minimum atomic E-state index is -4.34. The first-order chi connectivity index (χ1) is 7.81. The largest absolute Gasteiger partial charge is 0.462 e. The van der Waals surface area contributed by atoms with Crippen LogP contribution in [0.15, 0.2) is 22.7 Å². The third-order valence-electron chi connectivity index (χ3n) is 1.87. The maximum absolute atomic E-state index is 11.8. The molecule has 0 fully saturated rings. The number of esters is 1. The van der Waals surface area contributed by atoms with Gasteiger partial charge in [-0.25, -0.2) is 4.79 Å². The average Bonchev–Trinajstić information content (AvgIpc) is 2.20. The van der Waals surface area contributed by atoms with Crippen LogP contribution in [0.3, 0.4) is 0 Å². The fraction of sp³-hybridized carbons (Fsp3) is 0.300. The van der Waals surface area contributed by atoms with E-state index in [0.717, 1.165) is 0 Å². The Bertz CT molecular complexity index is 421. The fourth-order valence-electron chi connectivity index (χ4n) is 1.04. The molecule has 0 unspecified atom stereocenters. The fourth-order valence-corrected chi connectivity index (χ4v) is 1.47. The van der Waals surface area contributed by atoms with E-state index in [2.05, 4.69) is 20.7 Å². The van der Waals surface area contributed by atoms with Crippen molar-refractivity contribution in [2.24, 2.45) is 0 Å². The van der Waals surface area contributed by atoms with Crippen LogP contribution in [0, 0.1) is 0 Å². The number of alkyl halides is 3. The first kappa shape index (κ1) is 13.8. The van der Waals surface area contributed by atoms with Crippen molar-refractivity contribution in [1.29, 1.82) is 0 Å². The van der Waals surface area contributed by atoms with Crippen LogP contribution in [-0.2, 0) is 4.74 Å². The van der Waals surface area contributed by atoms with Crippen molar-refractivity contribution in [2.75, 3.05) is 12.3 Å². The van der Waals surface area contributed by atoms with Crippen molar-refractivity contribution < 1.29 is 22.7 Å². The van der Waals surface area contributed by atoms with E-state index >= 15 is 0 Å². The van der Waals surface area contributed by atoms with E-state index in [4.69, 9.17) is 5.73 Å². The van der Waals surface area contributed by atoms with Gasteiger partial charge in [-0.2, -0.15) is 13.2 Å². The first-order valence-electron chi connectivity index (χ1n) is 4.59. The molecule has 0 heterocycles. The highest BCUT2D eigenvalue weighted by Crippen LogP contribution is 2.25. The predicted octanol–water partition coefficient (Wildman–Crippen LogP) is 3.14. The molecule has 94 valence electrons. The molecule has 0 spiro atoms. The number of carbonyl (C=O) groups excluding carboxylic acids is 1. The van der Waals surface area contributed by atoms with E-state index in [1.165, 1.54) is 12.1 Å². The molecular formula is C10H9BrF3NO2. The van der Waals surface area contributed by atoms with Gasteiger partial charge in [-0.05, 0) is 28.1 Å². The van der Waals surface area contributed by atoms with Crippen molar-refractivity contribution in [3.63, 3.8) is 0 Å². The van der Waals surface area contributed by atoms with Gasteiger partial charge < -0.3 is 10.5 Å². The quantitative estimate of drug-likeness (QED) is 0.689. The summed E-state index contributed by atoms with van der Waals surface area (Å²) >= 11 is 3.06. The number of halogens is 4. The molecule has 1 aromatic rings. The van der Waals surface area contributed by atoms with Crippen molar-refractivity contribution in [1.82, 2.24) is 0 Å². The van der Waals surface area contributed by atoms with Gasteiger partial charge in [0.25, 0.3) is 0 Å². The number of hydrogen-bond acceptors (Lipinski definition) is 3. The summed E-state index contributed by atoms with van der Waals surface area (Å²) in [5, 5.41) is 0. The number of hydrogen-bond donors (Lipinski definition) is 1. The van der Waals surface area contributed by atoms with Crippen LogP contribution in [0.5, 0.6) is 0 Å². The van der Waals surface area contributed by atoms with Crippen LogP contribution in [0.2, 0.25) is 0 Å². The lowest BCUT2D eigenvalue weighted by molar-refractivity contribution is -0.141. The summed E-state index contributed by atoms with van der Waals surface area (Å²) < 4.78 is 40.3. The maximum Gasteiger partial charge on any atom is 0.392 e. The topological polar surface area (TPSA) is 52.3 Å². The molecule has 0 aromatic heterocycles. The summed E-state index contributed by atoms with van der Waals surface area (Å²) in [7, 11) is 0. The predicted molar refractivity (Wildman–Crippen MR) is 59.5 cm³/mol. The molecular weight excluding hydrogens is 303 g/mol. The monoisotopic (exact) mass is 311 g/mol. The summed E-state index contributed by atoms with van der Waals surface area (Å²) in [5.74, 6) is -0.839. The smallest absolute Gasteiger partial charge is 0.392 e. The molecule has 0 aliphatic heterocycles. The van der Waals surface area contributed by atoms with Gasteiger partial charge in [-0.15, -0.1) is 0 Å². The van der Waals surface area contributed by atoms with Gasteiger partial charge in [0.2, 0.25) is 0 Å². The number of ether oxygens (including phenoxy) is 1. The second kappa shape index (κ2) is 5.39. The van der Waals surface area contributed by atoms with Crippen molar-refractivity contribution in [3.8, 4) is 0 Å².